The van der Waals surface area contributed by atoms with Crippen molar-refractivity contribution >= 4 is 0 Å². The molecule has 2 aliphatic heterocycles. The minimum atomic E-state index is 0.497. The summed E-state index contributed by atoms with van der Waals surface area (Å²) in [7, 11) is 2.08. The smallest absolute Gasteiger partial charge is 0.0738 e. The quantitative estimate of drug-likeness (QED) is 0.702. The summed E-state index contributed by atoms with van der Waals surface area (Å²) in [4.78, 5) is 2.66. The molecule has 0 radical (unpaired) electrons. The van der Waals surface area contributed by atoms with Crippen LogP contribution in [0.3, 0.4) is 0 Å². The van der Waals surface area contributed by atoms with Gasteiger partial charge in [-0.25, -0.2) is 0 Å². The fourth-order valence-corrected chi connectivity index (χ4v) is 3.48. The molecule has 2 heterocycles. The van der Waals surface area contributed by atoms with Crippen LogP contribution in [0.2, 0.25) is 0 Å². The van der Waals surface area contributed by atoms with Crippen LogP contribution in [0.5, 0.6) is 0 Å². The number of nitrogens with one attached hydrogen (secondary N) is 1. The van der Waals surface area contributed by atoms with E-state index in [2.05, 4.69) is 42.9 Å². The first-order valence-electron chi connectivity index (χ1n) is 7.14. The van der Waals surface area contributed by atoms with Gasteiger partial charge in [0.15, 0.2) is 0 Å². The predicted octanol–water partition coefficient (Wildman–Crippen LogP) is 3.06. The van der Waals surface area contributed by atoms with Gasteiger partial charge in [-0.15, -0.1) is 5.73 Å². The Kier molecular flexibility index (Phi) is 4.31. The van der Waals surface area contributed by atoms with Crippen molar-refractivity contribution in [3.63, 3.8) is 0 Å². The lowest BCUT2D eigenvalue weighted by molar-refractivity contribution is 0.128. The molecule has 0 spiro atoms. The molecule has 2 nitrogen and oxygen atoms in total. The molecule has 17 heavy (non-hydrogen) atoms. The summed E-state index contributed by atoms with van der Waals surface area (Å²) in [5, 5.41) is 3.47. The number of likely N-dealkylation sites (N-methyl/N-ethyl adjacent to an activating group) is 1. The Labute approximate surface area is 106 Å². The summed E-state index contributed by atoms with van der Waals surface area (Å²) in [6, 6.07) is 1.95. The van der Waals surface area contributed by atoms with E-state index in [0.29, 0.717) is 12.1 Å². The second-order valence-electron chi connectivity index (χ2n) is 5.43. The lowest BCUT2D eigenvalue weighted by atomic mass is 9.94. The zero-order chi connectivity index (χ0) is 12.3. The zero-order valence-corrected chi connectivity index (χ0v) is 11.5. The van der Waals surface area contributed by atoms with Crippen molar-refractivity contribution in [3.05, 3.63) is 17.5 Å². The molecule has 0 aromatic rings. The van der Waals surface area contributed by atoms with Gasteiger partial charge in [-0.3, -0.25) is 0 Å². The molecule has 1 N–H and O–H groups in total. The Bertz CT molecular complexity index is 315. The Balaban J connectivity index is 2.33. The summed E-state index contributed by atoms with van der Waals surface area (Å²) in [6.45, 7) is 4.45. The number of fused-ring (bicyclic) bond motifs is 1. The largest absolute Gasteiger partial charge is 0.362 e. The Morgan fingerprint density at radius 1 is 1.24 bits per heavy atom. The van der Waals surface area contributed by atoms with E-state index in [1.165, 1.54) is 44.2 Å². The minimum Gasteiger partial charge on any atom is -0.362 e. The van der Waals surface area contributed by atoms with Crippen molar-refractivity contribution in [2.24, 2.45) is 0 Å². The number of hydrogen-bond donors (Lipinski definition) is 1. The molecule has 96 valence electrons. The third-order valence-corrected chi connectivity index (χ3v) is 4.31. The molecule has 2 aliphatic rings. The summed E-state index contributed by atoms with van der Waals surface area (Å²) >= 11 is 0. The molecule has 0 bridgehead atoms. The van der Waals surface area contributed by atoms with Gasteiger partial charge in [0, 0.05) is 12.1 Å². The van der Waals surface area contributed by atoms with Gasteiger partial charge in [-0.2, -0.15) is 0 Å². The highest BCUT2D eigenvalue weighted by molar-refractivity contribution is 5.14. The topological polar surface area (TPSA) is 15.3 Å². The molecule has 3 unspecified atom stereocenters. The average Bonchev–Trinajstić information content (AvgIpc) is 2.50. The molecule has 0 saturated carbocycles. The summed E-state index contributed by atoms with van der Waals surface area (Å²) in [5.41, 5.74) is 4.92. The Morgan fingerprint density at radius 2 is 1.94 bits per heavy atom. The number of piperidine rings is 1. The van der Waals surface area contributed by atoms with E-state index in [1.807, 2.05) is 0 Å². The summed E-state index contributed by atoms with van der Waals surface area (Å²) < 4.78 is 0. The summed E-state index contributed by atoms with van der Waals surface area (Å²) in [6.07, 6.45) is 10.1. The van der Waals surface area contributed by atoms with E-state index in [0.717, 1.165) is 6.04 Å². The second kappa shape index (κ2) is 5.75. The highest BCUT2D eigenvalue weighted by Gasteiger charge is 2.34. The third-order valence-electron chi connectivity index (χ3n) is 4.31. The van der Waals surface area contributed by atoms with Crippen molar-refractivity contribution < 1.29 is 0 Å². The highest BCUT2D eigenvalue weighted by Crippen LogP contribution is 2.34. The lowest BCUT2D eigenvalue weighted by Gasteiger charge is -2.43. The standard InChI is InChI=1S/C15H26N2/c1-4-7-15-14(16-3)11-6-10-13-9-5-8-12(2)17(13)15/h4,12-14,16H,5-6,8-11H2,1-3H3. The van der Waals surface area contributed by atoms with Crippen LogP contribution in [-0.2, 0) is 0 Å². The Hall–Kier alpha value is -0.720. The van der Waals surface area contributed by atoms with E-state index in [9.17, 15) is 0 Å². The van der Waals surface area contributed by atoms with E-state index in [4.69, 9.17) is 0 Å². The Morgan fingerprint density at radius 3 is 2.59 bits per heavy atom. The van der Waals surface area contributed by atoms with Crippen LogP contribution in [-0.4, -0.2) is 30.1 Å². The van der Waals surface area contributed by atoms with Gasteiger partial charge >= 0.3 is 0 Å². The van der Waals surface area contributed by atoms with Crippen LogP contribution >= 0.6 is 0 Å². The van der Waals surface area contributed by atoms with Crippen LogP contribution in [0.4, 0.5) is 0 Å². The first-order chi connectivity index (χ1) is 8.27. The maximum Gasteiger partial charge on any atom is 0.0738 e. The third kappa shape index (κ3) is 2.59. The van der Waals surface area contributed by atoms with E-state index < -0.39 is 0 Å². The van der Waals surface area contributed by atoms with Gasteiger partial charge < -0.3 is 10.2 Å². The SMILES string of the molecule is CC=C=C1C(NC)CCCC2CCCC(C)N12. The van der Waals surface area contributed by atoms with Gasteiger partial charge in [0.05, 0.1) is 11.7 Å². The van der Waals surface area contributed by atoms with E-state index in [1.54, 1.807) is 0 Å². The first-order valence-corrected chi connectivity index (χ1v) is 7.14. The predicted molar refractivity (Wildman–Crippen MR) is 72.9 cm³/mol. The first kappa shape index (κ1) is 12.7. The van der Waals surface area contributed by atoms with Crippen LogP contribution in [0.1, 0.15) is 52.4 Å². The second-order valence-corrected chi connectivity index (χ2v) is 5.43. The number of nitrogens with zero attached hydrogens (tertiary/aromatic N) is 1. The van der Waals surface area contributed by atoms with E-state index in [-0.39, 0.29) is 0 Å². The lowest BCUT2D eigenvalue weighted by Crippen LogP contribution is -2.47. The van der Waals surface area contributed by atoms with Crippen molar-refractivity contribution in [3.8, 4) is 0 Å². The molecular weight excluding hydrogens is 208 g/mol. The monoisotopic (exact) mass is 234 g/mol. The normalized spacial score (nSPS) is 33.7. The molecule has 0 aromatic heterocycles. The molecule has 0 aromatic carbocycles. The molecule has 3 atom stereocenters. The van der Waals surface area contributed by atoms with Crippen molar-refractivity contribution in [1.82, 2.24) is 10.2 Å². The molecule has 2 saturated heterocycles. The molecule has 2 rings (SSSR count). The van der Waals surface area contributed by atoms with Crippen LogP contribution < -0.4 is 5.32 Å². The van der Waals surface area contributed by atoms with Gasteiger partial charge in [0.2, 0.25) is 0 Å². The minimum absolute atomic E-state index is 0.497. The highest BCUT2D eigenvalue weighted by atomic mass is 15.2. The molecular formula is C15H26N2. The van der Waals surface area contributed by atoms with Gasteiger partial charge in [0.1, 0.15) is 0 Å². The molecule has 0 amide bonds. The number of hydrogen-bond acceptors (Lipinski definition) is 2. The van der Waals surface area contributed by atoms with Crippen molar-refractivity contribution in [2.45, 2.75) is 70.5 Å². The molecule has 2 heteroatoms. The maximum absolute atomic E-state index is 3.51. The van der Waals surface area contributed by atoms with Crippen LogP contribution in [0, 0.1) is 0 Å². The van der Waals surface area contributed by atoms with Gasteiger partial charge in [0.25, 0.3) is 0 Å². The van der Waals surface area contributed by atoms with Gasteiger partial charge in [-0.05, 0) is 65.5 Å². The molecule has 0 aliphatic carbocycles. The van der Waals surface area contributed by atoms with Crippen LogP contribution in [0.25, 0.3) is 0 Å². The molecule has 2 fully saturated rings. The van der Waals surface area contributed by atoms with Crippen molar-refractivity contribution in [2.75, 3.05) is 7.05 Å². The van der Waals surface area contributed by atoms with Crippen LogP contribution in [0.15, 0.2) is 17.5 Å². The maximum atomic E-state index is 3.51. The fourth-order valence-electron chi connectivity index (χ4n) is 3.48. The van der Waals surface area contributed by atoms with Gasteiger partial charge in [-0.1, -0.05) is 0 Å². The summed E-state index contributed by atoms with van der Waals surface area (Å²) in [5.74, 6) is 0. The zero-order valence-electron chi connectivity index (χ0n) is 11.5. The average molecular weight is 234 g/mol. The van der Waals surface area contributed by atoms with Crippen molar-refractivity contribution in [1.29, 1.82) is 0 Å². The number of rotatable bonds is 1. The fraction of sp³-hybridized carbons (Fsp3) is 0.800. The van der Waals surface area contributed by atoms with E-state index >= 15 is 0 Å².